The van der Waals surface area contributed by atoms with E-state index in [9.17, 15) is 0 Å². The second-order valence-corrected chi connectivity index (χ2v) is 4.28. The summed E-state index contributed by atoms with van der Waals surface area (Å²) in [4.78, 5) is 0. The molecule has 0 radical (unpaired) electrons. The molecule has 86 valence electrons. The van der Waals surface area contributed by atoms with Crippen molar-refractivity contribution >= 4 is 0 Å². The predicted octanol–water partition coefficient (Wildman–Crippen LogP) is 4.60. The second-order valence-electron chi connectivity index (χ2n) is 4.28. The van der Waals surface area contributed by atoms with Gasteiger partial charge in [-0.1, -0.05) is 45.1 Å². The van der Waals surface area contributed by atoms with Crippen molar-refractivity contribution < 1.29 is 4.74 Å². The van der Waals surface area contributed by atoms with Crippen LogP contribution >= 0.6 is 0 Å². The lowest BCUT2D eigenvalue weighted by molar-refractivity contribution is 0.216. The second kappa shape index (κ2) is 8.58. The van der Waals surface area contributed by atoms with Crippen LogP contribution in [-0.2, 0) is 4.74 Å². The normalized spacial score (nSPS) is 24.7. The smallest absolute Gasteiger partial charge is 0.114 e. The van der Waals surface area contributed by atoms with Crippen LogP contribution < -0.4 is 0 Å². The Morgan fingerprint density at radius 1 is 0.933 bits per heavy atom. The SMILES string of the molecule is C=C/C1=C\CCCCCCCCCCO1. The number of rotatable bonds is 1. The quantitative estimate of drug-likeness (QED) is 0.612. The van der Waals surface area contributed by atoms with Crippen LogP contribution in [0.3, 0.4) is 0 Å². The van der Waals surface area contributed by atoms with Crippen molar-refractivity contribution in [1.29, 1.82) is 0 Å². The minimum Gasteiger partial charge on any atom is -0.494 e. The maximum absolute atomic E-state index is 5.65. The zero-order valence-electron chi connectivity index (χ0n) is 9.84. The monoisotopic (exact) mass is 208 g/mol. The Hall–Kier alpha value is -0.720. The molecular formula is C14H24O. The molecule has 0 aliphatic carbocycles. The molecule has 1 aliphatic heterocycles. The van der Waals surface area contributed by atoms with Crippen molar-refractivity contribution in [2.24, 2.45) is 0 Å². The molecule has 0 unspecified atom stereocenters. The molecule has 0 saturated heterocycles. The minimum absolute atomic E-state index is 0.859. The van der Waals surface area contributed by atoms with Crippen LogP contribution in [-0.4, -0.2) is 6.61 Å². The molecule has 0 N–H and O–H groups in total. The molecule has 15 heavy (non-hydrogen) atoms. The summed E-state index contributed by atoms with van der Waals surface area (Å²) in [6.45, 7) is 4.64. The Balaban J connectivity index is 2.31. The summed E-state index contributed by atoms with van der Waals surface area (Å²) < 4.78 is 5.65. The summed E-state index contributed by atoms with van der Waals surface area (Å²) in [6.07, 6.45) is 15.9. The number of hydrogen-bond donors (Lipinski definition) is 0. The molecule has 1 heteroatoms. The summed E-state index contributed by atoms with van der Waals surface area (Å²) in [5, 5.41) is 0. The zero-order valence-corrected chi connectivity index (χ0v) is 9.84. The van der Waals surface area contributed by atoms with E-state index in [1.54, 1.807) is 0 Å². The van der Waals surface area contributed by atoms with Crippen molar-refractivity contribution in [2.45, 2.75) is 57.8 Å². The highest BCUT2D eigenvalue weighted by Crippen LogP contribution is 2.13. The van der Waals surface area contributed by atoms with E-state index in [-0.39, 0.29) is 0 Å². The Labute approximate surface area is 94.2 Å². The lowest BCUT2D eigenvalue weighted by Crippen LogP contribution is -1.93. The van der Waals surface area contributed by atoms with E-state index in [1.165, 1.54) is 51.4 Å². The van der Waals surface area contributed by atoms with Crippen molar-refractivity contribution in [3.63, 3.8) is 0 Å². The van der Waals surface area contributed by atoms with Crippen LogP contribution in [0.5, 0.6) is 0 Å². The molecule has 0 atom stereocenters. The maximum Gasteiger partial charge on any atom is 0.114 e. The summed E-state index contributed by atoms with van der Waals surface area (Å²) >= 11 is 0. The van der Waals surface area contributed by atoms with Gasteiger partial charge in [0.1, 0.15) is 5.76 Å². The topological polar surface area (TPSA) is 9.23 Å². The summed E-state index contributed by atoms with van der Waals surface area (Å²) in [5.74, 6) is 0.981. The Bertz CT molecular complexity index is 194. The van der Waals surface area contributed by atoms with Crippen molar-refractivity contribution in [3.8, 4) is 0 Å². The van der Waals surface area contributed by atoms with Gasteiger partial charge < -0.3 is 4.74 Å². The highest BCUT2D eigenvalue weighted by atomic mass is 16.5. The number of ether oxygens (including phenoxy) is 1. The Morgan fingerprint density at radius 3 is 2.20 bits per heavy atom. The summed E-state index contributed by atoms with van der Waals surface area (Å²) in [7, 11) is 0. The molecule has 0 amide bonds. The maximum atomic E-state index is 5.65. The van der Waals surface area contributed by atoms with Gasteiger partial charge in [-0.05, 0) is 31.4 Å². The van der Waals surface area contributed by atoms with Gasteiger partial charge in [0.05, 0.1) is 6.61 Å². The van der Waals surface area contributed by atoms with Crippen LogP contribution in [0.4, 0.5) is 0 Å². The van der Waals surface area contributed by atoms with Gasteiger partial charge in [0.25, 0.3) is 0 Å². The Morgan fingerprint density at radius 2 is 1.53 bits per heavy atom. The predicted molar refractivity (Wildman–Crippen MR) is 65.8 cm³/mol. The average Bonchev–Trinajstić information content (AvgIpc) is 2.29. The van der Waals surface area contributed by atoms with Crippen molar-refractivity contribution in [3.05, 3.63) is 24.5 Å². The summed E-state index contributed by atoms with van der Waals surface area (Å²) in [5.41, 5.74) is 0. The van der Waals surface area contributed by atoms with Crippen LogP contribution in [0.1, 0.15) is 57.8 Å². The van der Waals surface area contributed by atoms with Gasteiger partial charge in [0.15, 0.2) is 0 Å². The molecule has 0 spiro atoms. The standard InChI is InChI=1S/C14H24O/c1-2-14-12-10-8-6-4-3-5-7-9-11-13-15-14/h2,12H,1,3-11,13H2/b14-12+. The highest BCUT2D eigenvalue weighted by Gasteiger charge is 1.97. The number of allylic oxidation sites excluding steroid dienone is 2. The molecule has 1 nitrogen and oxygen atoms in total. The summed E-state index contributed by atoms with van der Waals surface area (Å²) in [6, 6.07) is 0. The van der Waals surface area contributed by atoms with Crippen LogP contribution in [0.2, 0.25) is 0 Å². The average molecular weight is 208 g/mol. The van der Waals surface area contributed by atoms with E-state index in [1.807, 2.05) is 6.08 Å². The molecule has 0 aromatic heterocycles. The third-order valence-corrected chi connectivity index (χ3v) is 2.91. The van der Waals surface area contributed by atoms with Crippen LogP contribution in [0.25, 0.3) is 0 Å². The van der Waals surface area contributed by atoms with E-state index in [4.69, 9.17) is 4.74 Å². The van der Waals surface area contributed by atoms with E-state index in [2.05, 4.69) is 12.7 Å². The van der Waals surface area contributed by atoms with E-state index in [0.717, 1.165) is 18.8 Å². The molecule has 0 aromatic carbocycles. The fourth-order valence-corrected chi connectivity index (χ4v) is 1.94. The first-order valence-corrected chi connectivity index (χ1v) is 6.39. The minimum atomic E-state index is 0.859. The van der Waals surface area contributed by atoms with Gasteiger partial charge >= 0.3 is 0 Å². The first-order chi connectivity index (χ1) is 7.43. The third kappa shape index (κ3) is 6.38. The van der Waals surface area contributed by atoms with Gasteiger partial charge in [-0.3, -0.25) is 0 Å². The van der Waals surface area contributed by atoms with Gasteiger partial charge in [-0.2, -0.15) is 0 Å². The third-order valence-electron chi connectivity index (χ3n) is 2.91. The van der Waals surface area contributed by atoms with Gasteiger partial charge in [-0.25, -0.2) is 0 Å². The van der Waals surface area contributed by atoms with Gasteiger partial charge in [-0.15, -0.1) is 0 Å². The largest absolute Gasteiger partial charge is 0.494 e. The molecule has 1 rings (SSSR count). The van der Waals surface area contributed by atoms with E-state index < -0.39 is 0 Å². The van der Waals surface area contributed by atoms with Crippen molar-refractivity contribution in [1.82, 2.24) is 0 Å². The van der Waals surface area contributed by atoms with E-state index in [0.29, 0.717) is 0 Å². The fourth-order valence-electron chi connectivity index (χ4n) is 1.94. The molecule has 1 heterocycles. The highest BCUT2D eigenvalue weighted by molar-refractivity contribution is 5.08. The molecule has 0 bridgehead atoms. The zero-order chi connectivity index (χ0) is 10.8. The van der Waals surface area contributed by atoms with Gasteiger partial charge in [0, 0.05) is 0 Å². The number of hydrogen-bond acceptors (Lipinski definition) is 1. The molecule has 0 saturated carbocycles. The Kier molecular flexibility index (Phi) is 7.06. The van der Waals surface area contributed by atoms with Crippen LogP contribution in [0.15, 0.2) is 24.5 Å². The van der Waals surface area contributed by atoms with Crippen molar-refractivity contribution in [2.75, 3.05) is 6.61 Å². The first kappa shape index (κ1) is 12.4. The van der Waals surface area contributed by atoms with Gasteiger partial charge in [0.2, 0.25) is 0 Å². The lowest BCUT2D eigenvalue weighted by atomic mass is 10.1. The molecule has 0 fully saturated rings. The van der Waals surface area contributed by atoms with Crippen LogP contribution in [0, 0.1) is 0 Å². The molecular weight excluding hydrogens is 184 g/mol. The van der Waals surface area contributed by atoms with E-state index >= 15 is 0 Å². The first-order valence-electron chi connectivity index (χ1n) is 6.39. The lowest BCUT2D eigenvalue weighted by Gasteiger charge is -2.06. The molecule has 1 aliphatic rings. The molecule has 0 aromatic rings. The fraction of sp³-hybridized carbons (Fsp3) is 0.714.